The SMILES string of the molecule is CSC1CCCC(NC(=O)c2cc(Cl)ccc2N)C1. The summed E-state index contributed by atoms with van der Waals surface area (Å²) in [6.45, 7) is 0. The minimum atomic E-state index is -0.119. The monoisotopic (exact) mass is 298 g/mol. The molecule has 1 aliphatic carbocycles. The highest BCUT2D eigenvalue weighted by Crippen LogP contribution is 2.27. The Bertz CT molecular complexity index is 467. The molecule has 3 N–H and O–H groups in total. The molecule has 1 fully saturated rings. The van der Waals surface area contributed by atoms with Crippen LogP contribution in [0.1, 0.15) is 36.0 Å². The van der Waals surface area contributed by atoms with Crippen LogP contribution in [-0.2, 0) is 0 Å². The highest BCUT2D eigenvalue weighted by molar-refractivity contribution is 7.99. The Labute approximate surface area is 123 Å². The first-order valence-electron chi connectivity index (χ1n) is 6.49. The van der Waals surface area contributed by atoms with Crippen LogP contribution < -0.4 is 11.1 Å². The zero-order chi connectivity index (χ0) is 13.8. The quantitative estimate of drug-likeness (QED) is 0.842. The summed E-state index contributed by atoms with van der Waals surface area (Å²) in [7, 11) is 0. The molecule has 1 aromatic carbocycles. The predicted molar refractivity (Wildman–Crippen MR) is 82.9 cm³/mol. The van der Waals surface area contributed by atoms with Gasteiger partial charge in [-0.25, -0.2) is 0 Å². The number of carbonyl (C=O) groups excluding carboxylic acids is 1. The van der Waals surface area contributed by atoms with Gasteiger partial charge in [0.15, 0.2) is 0 Å². The molecule has 2 atom stereocenters. The number of hydrogen-bond acceptors (Lipinski definition) is 3. The third kappa shape index (κ3) is 3.80. The van der Waals surface area contributed by atoms with Gasteiger partial charge < -0.3 is 11.1 Å². The molecule has 1 amide bonds. The number of nitrogens with two attached hydrogens (primary N) is 1. The van der Waals surface area contributed by atoms with E-state index in [2.05, 4.69) is 11.6 Å². The van der Waals surface area contributed by atoms with E-state index >= 15 is 0 Å². The van der Waals surface area contributed by atoms with E-state index in [1.807, 2.05) is 11.8 Å². The van der Waals surface area contributed by atoms with Crippen LogP contribution in [0.4, 0.5) is 5.69 Å². The highest BCUT2D eigenvalue weighted by Gasteiger charge is 2.23. The van der Waals surface area contributed by atoms with Gasteiger partial charge in [-0.05, 0) is 43.7 Å². The van der Waals surface area contributed by atoms with Gasteiger partial charge in [0.25, 0.3) is 5.91 Å². The van der Waals surface area contributed by atoms with E-state index in [-0.39, 0.29) is 11.9 Å². The number of amides is 1. The van der Waals surface area contributed by atoms with Crippen LogP contribution in [0.25, 0.3) is 0 Å². The van der Waals surface area contributed by atoms with Crippen LogP contribution in [-0.4, -0.2) is 23.5 Å². The molecule has 0 heterocycles. The van der Waals surface area contributed by atoms with E-state index in [0.29, 0.717) is 21.5 Å². The van der Waals surface area contributed by atoms with Gasteiger partial charge in [0, 0.05) is 22.0 Å². The van der Waals surface area contributed by atoms with Crippen LogP contribution in [0, 0.1) is 0 Å². The molecule has 2 rings (SSSR count). The summed E-state index contributed by atoms with van der Waals surface area (Å²) in [6, 6.07) is 5.24. The number of hydrogen-bond donors (Lipinski definition) is 2. The fourth-order valence-corrected chi connectivity index (χ4v) is 3.48. The average Bonchev–Trinajstić information content (AvgIpc) is 2.41. The Balaban J connectivity index is 2.02. The predicted octanol–water partition coefficient (Wildman–Crippen LogP) is 3.33. The number of thioether (sulfide) groups is 1. The van der Waals surface area contributed by atoms with E-state index in [9.17, 15) is 4.79 Å². The van der Waals surface area contributed by atoms with Gasteiger partial charge >= 0.3 is 0 Å². The number of rotatable bonds is 3. The minimum Gasteiger partial charge on any atom is -0.398 e. The van der Waals surface area contributed by atoms with Crippen LogP contribution in [0.15, 0.2) is 18.2 Å². The molecule has 0 spiro atoms. The van der Waals surface area contributed by atoms with Crippen LogP contribution in [0.5, 0.6) is 0 Å². The lowest BCUT2D eigenvalue weighted by Gasteiger charge is -2.28. The fraction of sp³-hybridized carbons (Fsp3) is 0.500. The largest absolute Gasteiger partial charge is 0.398 e. The maximum absolute atomic E-state index is 12.2. The van der Waals surface area contributed by atoms with E-state index in [4.69, 9.17) is 17.3 Å². The van der Waals surface area contributed by atoms with Crippen molar-refractivity contribution < 1.29 is 4.79 Å². The van der Waals surface area contributed by atoms with Crippen molar-refractivity contribution >= 4 is 35.0 Å². The summed E-state index contributed by atoms with van der Waals surface area (Å²) in [6.07, 6.45) is 6.62. The Morgan fingerprint density at radius 3 is 3.00 bits per heavy atom. The molecular formula is C14H19ClN2OS. The van der Waals surface area contributed by atoms with Crippen LogP contribution in [0.3, 0.4) is 0 Å². The normalized spacial score (nSPS) is 23.1. The third-order valence-corrected chi connectivity index (χ3v) is 4.88. The second-order valence-electron chi connectivity index (χ2n) is 4.93. The molecule has 0 bridgehead atoms. The van der Waals surface area contributed by atoms with Crippen molar-refractivity contribution in [2.24, 2.45) is 0 Å². The molecule has 0 aromatic heterocycles. The van der Waals surface area contributed by atoms with Crippen molar-refractivity contribution in [1.82, 2.24) is 5.32 Å². The van der Waals surface area contributed by atoms with Crippen molar-refractivity contribution in [2.45, 2.75) is 37.0 Å². The summed E-state index contributed by atoms with van der Waals surface area (Å²) in [5.74, 6) is -0.119. The molecule has 0 aliphatic heterocycles. The summed E-state index contributed by atoms with van der Waals surface area (Å²) in [5.41, 5.74) is 6.77. The molecule has 5 heteroatoms. The Kier molecular flexibility index (Phi) is 4.99. The van der Waals surface area contributed by atoms with E-state index in [0.717, 1.165) is 12.8 Å². The van der Waals surface area contributed by atoms with Gasteiger partial charge in [-0.1, -0.05) is 18.0 Å². The maximum atomic E-state index is 12.2. The Morgan fingerprint density at radius 1 is 1.47 bits per heavy atom. The number of anilines is 1. The molecular weight excluding hydrogens is 280 g/mol. The Morgan fingerprint density at radius 2 is 2.26 bits per heavy atom. The molecule has 19 heavy (non-hydrogen) atoms. The van der Waals surface area contributed by atoms with Gasteiger partial charge in [-0.2, -0.15) is 11.8 Å². The van der Waals surface area contributed by atoms with Gasteiger partial charge in [-0.3, -0.25) is 4.79 Å². The second kappa shape index (κ2) is 6.53. The zero-order valence-corrected chi connectivity index (χ0v) is 12.6. The molecule has 0 radical (unpaired) electrons. The van der Waals surface area contributed by atoms with Crippen LogP contribution >= 0.6 is 23.4 Å². The summed E-state index contributed by atoms with van der Waals surface area (Å²) < 4.78 is 0. The van der Waals surface area contributed by atoms with Crippen molar-refractivity contribution in [3.05, 3.63) is 28.8 Å². The number of carbonyl (C=O) groups is 1. The number of benzene rings is 1. The number of nitrogens with one attached hydrogen (secondary N) is 1. The fourth-order valence-electron chi connectivity index (χ4n) is 2.48. The molecule has 2 unspecified atom stereocenters. The maximum Gasteiger partial charge on any atom is 0.253 e. The smallest absolute Gasteiger partial charge is 0.253 e. The average molecular weight is 299 g/mol. The van der Waals surface area contributed by atoms with E-state index < -0.39 is 0 Å². The van der Waals surface area contributed by atoms with Crippen molar-refractivity contribution in [3.8, 4) is 0 Å². The van der Waals surface area contributed by atoms with Crippen molar-refractivity contribution in [3.63, 3.8) is 0 Å². The lowest BCUT2D eigenvalue weighted by Crippen LogP contribution is -2.39. The first-order chi connectivity index (χ1) is 9.10. The molecule has 0 saturated heterocycles. The number of nitrogen functional groups attached to an aromatic ring is 1. The van der Waals surface area contributed by atoms with Crippen molar-refractivity contribution in [2.75, 3.05) is 12.0 Å². The lowest BCUT2D eigenvalue weighted by atomic mass is 9.94. The van der Waals surface area contributed by atoms with Gasteiger partial charge in [0.05, 0.1) is 5.56 Å². The summed E-state index contributed by atoms with van der Waals surface area (Å²) in [4.78, 5) is 12.2. The van der Waals surface area contributed by atoms with E-state index in [1.54, 1.807) is 18.2 Å². The van der Waals surface area contributed by atoms with E-state index in [1.165, 1.54) is 12.8 Å². The third-order valence-electron chi connectivity index (χ3n) is 3.55. The summed E-state index contributed by atoms with van der Waals surface area (Å²) >= 11 is 7.79. The molecule has 1 aliphatic rings. The van der Waals surface area contributed by atoms with Crippen molar-refractivity contribution in [1.29, 1.82) is 0 Å². The molecule has 3 nitrogen and oxygen atoms in total. The molecule has 104 valence electrons. The first kappa shape index (κ1) is 14.5. The Hall–Kier alpha value is -0.870. The van der Waals surface area contributed by atoms with Gasteiger partial charge in [-0.15, -0.1) is 0 Å². The molecule has 1 aromatic rings. The topological polar surface area (TPSA) is 55.1 Å². The van der Waals surface area contributed by atoms with Gasteiger partial charge in [0.2, 0.25) is 0 Å². The standard InChI is InChI=1S/C14H19ClN2OS/c1-19-11-4-2-3-10(8-11)17-14(18)12-7-9(15)5-6-13(12)16/h5-7,10-11H,2-4,8,16H2,1H3,(H,17,18). The zero-order valence-electron chi connectivity index (χ0n) is 11.0. The number of halogens is 1. The minimum absolute atomic E-state index is 0.119. The van der Waals surface area contributed by atoms with Gasteiger partial charge in [0.1, 0.15) is 0 Å². The second-order valence-corrected chi connectivity index (χ2v) is 6.50. The van der Waals surface area contributed by atoms with Crippen LogP contribution in [0.2, 0.25) is 5.02 Å². The summed E-state index contributed by atoms with van der Waals surface area (Å²) in [5, 5.41) is 4.26. The first-order valence-corrected chi connectivity index (χ1v) is 8.15. The lowest BCUT2D eigenvalue weighted by molar-refractivity contribution is 0.0929. The molecule has 1 saturated carbocycles. The highest BCUT2D eigenvalue weighted by atomic mass is 35.5.